The van der Waals surface area contributed by atoms with Crippen LogP contribution in [0.4, 0.5) is 4.39 Å². The third-order valence-corrected chi connectivity index (χ3v) is 4.72. The lowest BCUT2D eigenvalue weighted by atomic mass is 9.83. The van der Waals surface area contributed by atoms with Gasteiger partial charge in [0.1, 0.15) is 5.82 Å². The minimum atomic E-state index is -0.187. The van der Waals surface area contributed by atoms with E-state index in [-0.39, 0.29) is 11.7 Å². The standard InChI is InChI=1S/C23H23F/c1-16-13-17(2)22(18(3)14-16)15-23(19-7-5-4-6-8-19)20-9-11-21(24)12-10-20/h4-14,23H,15H2,1-3H3. The highest BCUT2D eigenvalue weighted by molar-refractivity contribution is 5.42. The Morgan fingerprint density at radius 1 is 0.750 bits per heavy atom. The second kappa shape index (κ2) is 7.00. The van der Waals surface area contributed by atoms with Crippen LogP contribution in [-0.4, -0.2) is 0 Å². The van der Waals surface area contributed by atoms with E-state index in [1.54, 1.807) is 12.1 Å². The number of benzene rings is 3. The summed E-state index contributed by atoms with van der Waals surface area (Å²) in [4.78, 5) is 0. The van der Waals surface area contributed by atoms with Gasteiger partial charge in [0.15, 0.2) is 0 Å². The Morgan fingerprint density at radius 2 is 1.29 bits per heavy atom. The van der Waals surface area contributed by atoms with Crippen molar-refractivity contribution in [1.82, 2.24) is 0 Å². The van der Waals surface area contributed by atoms with Crippen molar-refractivity contribution in [3.05, 3.63) is 106 Å². The van der Waals surface area contributed by atoms with Gasteiger partial charge in [-0.05, 0) is 67.1 Å². The molecule has 0 bridgehead atoms. The van der Waals surface area contributed by atoms with E-state index in [0.717, 1.165) is 12.0 Å². The van der Waals surface area contributed by atoms with Gasteiger partial charge in [0, 0.05) is 5.92 Å². The molecule has 3 rings (SSSR count). The lowest BCUT2D eigenvalue weighted by Gasteiger charge is -2.21. The molecule has 0 saturated heterocycles. The first kappa shape index (κ1) is 16.4. The average Bonchev–Trinajstić information content (AvgIpc) is 2.56. The summed E-state index contributed by atoms with van der Waals surface area (Å²) in [5, 5.41) is 0. The van der Waals surface area contributed by atoms with E-state index >= 15 is 0 Å². The SMILES string of the molecule is Cc1cc(C)c(CC(c2ccccc2)c2ccc(F)cc2)c(C)c1. The summed E-state index contributed by atoms with van der Waals surface area (Å²) >= 11 is 0. The van der Waals surface area contributed by atoms with E-state index in [1.165, 1.54) is 27.8 Å². The minimum Gasteiger partial charge on any atom is -0.207 e. The first-order chi connectivity index (χ1) is 11.5. The van der Waals surface area contributed by atoms with Crippen LogP contribution in [0.2, 0.25) is 0 Å². The highest BCUT2D eigenvalue weighted by Gasteiger charge is 2.17. The van der Waals surface area contributed by atoms with Gasteiger partial charge in [-0.2, -0.15) is 0 Å². The van der Waals surface area contributed by atoms with Gasteiger partial charge in [0.05, 0.1) is 0 Å². The highest BCUT2D eigenvalue weighted by atomic mass is 19.1. The molecule has 0 aromatic heterocycles. The molecule has 1 atom stereocenters. The zero-order valence-electron chi connectivity index (χ0n) is 14.5. The van der Waals surface area contributed by atoms with Gasteiger partial charge in [0.25, 0.3) is 0 Å². The molecule has 0 saturated carbocycles. The molecule has 0 radical (unpaired) electrons. The minimum absolute atomic E-state index is 0.187. The molecule has 0 spiro atoms. The topological polar surface area (TPSA) is 0 Å². The number of halogens is 1. The van der Waals surface area contributed by atoms with Crippen LogP contribution in [0.5, 0.6) is 0 Å². The van der Waals surface area contributed by atoms with Crippen molar-refractivity contribution in [2.75, 3.05) is 0 Å². The molecular formula is C23H23F. The smallest absolute Gasteiger partial charge is 0.123 e. The van der Waals surface area contributed by atoms with Crippen molar-refractivity contribution in [2.24, 2.45) is 0 Å². The zero-order valence-corrected chi connectivity index (χ0v) is 14.5. The van der Waals surface area contributed by atoms with Crippen molar-refractivity contribution in [3.63, 3.8) is 0 Å². The Labute approximate surface area is 144 Å². The molecule has 0 amide bonds. The van der Waals surface area contributed by atoms with E-state index in [0.29, 0.717) is 0 Å². The quantitative estimate of drug-likeness (QED) is 0.543. The van der Waals surface area contributed by atoms with Crippen LogP contribution in [-0.2, 0) is 6.42 Å². The maximum Gasteiger partial charge on any atom is 0.123 e. The lowest BCUT2D eigenvalue weighted by molar-refractivity contribution is 0.626. The number of hydrogen-bond donors (Lipinski definition) is 0. The Morgan fingerprint density at radius 3 is 1.88 bits per heavy atom. The monoisotopic (exact) mass is 318 g/mol. The fourth-order valence-corrected chi connectivity index (χ4v) is 3.54. The lowest BCUT2D eigenvalue weighted by Crippen LogP contribution is -2.08. The summed E-state index contributed by atoms with van der Waals surface area (Å²) in [7, 11) is 0. The Balaban J connectivity index is 2.04. The van der Waals surface area contributed by atoms with Crippen molar-refractivity contribution in [2.45, 2.75) is 33.1 Å². The summed E-state index contributed by atoms with van der Waals surface area (Å²) < 4.78 is 13.4. The van der Waals surface area contributed by atoms with Crippen LogP contribution >= 0.6 is 0 Å². The van der Waals surface area contributed by atoms with Crippen LogP contribution in [0.15, 0.2) is 66.7 Å². The van der Waals surface area contributed by atoms with Crippen molar-refractivity contribution < 1.29 is 4.39 Å². The number of aryl methyl sites for hydroxylation is 3. The molecule has 0 fully saturated rings. The number of rotatable bonds is 4. The van der Waals surface area contributed by atoms with Crippen molar-refractivity contribution in [1.29, 1.82) is 0 Å². The first-order valence-corrected chi connectivity index (χ1v) is 8.41. The maximum absolute atomic E-state index is 13.4. The Kier molecular flexibility index (Phi) is 4.80. The Bertz CT molecular complexity index is 793. The summed E-state index contributed by atoms with van der Waals surface area (Å²) in [6, 6.07) is 21.9. The summed E-state index contributed by atoms with van der Waals surface area (Å²) in [5.74, 6) is 0.0418. The van der Waals surface area contributed by atoms with E-state index in [2.05, 4.69) is 57.2 Å². The van der Waals surface area contributed by atoms with E-state index < -0.39 is 0 Å². The molecule has 3 aromatic carbocycles. The predicted octanol–water partition coefficient (Wildman–Crippen LogP) is 6.13. The van der Waals surface area contributed by atoms with Gasteiger partial charge in [-0.25, -0.2) is 4.39 Å². The van der Waals surface area contributed by atoms with Crippen LogP contribution in [0.3, 0.4) is 0 Å². The van der Waals surface area contributed by atoms with Gasteiger partial charge in [-0.3, -0.25) is 0 Å². The molecule has 0 nitrogen and oxygen atoms in total. The van der Waals surface area contributed by atoms with Gasteiger partial charge in [-0.1, -0.05) is 60.2 Å². The van der Waals surface area contributed by atoms with E-state index in [9.17, 15) is 4.39 Å². The second-order valence-corrected chi connectivity index (χ2v) is 6.60. The largest absolute Gasteiger partial charge is 0.207 e. The summed E-state index contributed by atoms with van der Waals surface area (Å²) in [6.07, 6.45) is 0.924. The van der Waals surface area contributed by atoms with E-state index in [4.69, 9.17) is 0 Å². The fourth-order valence-electron chi connectivity index (χ4n) is 3.54. The average molecular weight is 318 g/mol. The normalized spacial score (nSPS) is 12.2. The van der Waals surface area contributed by atoms with Crippen LogP contribution in [0.25, 0.3) is 0 Å². The summed E-state index contributed by atoms with van der Waals surface area (Å²) in [5.41, 5.74) is 7.77. The van der Waals surface area contributed by atoms with Crippen LogP contribution in [0, 0.1) is 26.6 Å². The predicted molar refractivity (Wildman–Crippen MR) is 99.0 cm³/mol. The van der Waals surface area contributed by atoms with Crippen molar-refractivity contribution in [3.8, 4) is 0 Å². The van der Waals surface area contributed by atoms with Gasteiger partial charge >= 0.3 is 0 Å². The molecular weight excluding hydrogens is 295 g/mol. The second-order valence-electron chi connectivity index (χ2n) is 6.60. The molecule has 122 valence electrons. The molecule has 0 aliphatic heterocycles. The van der Waals surface area contributed by atoms with Gasteiger partial charge in [0.2, 0.25) is 0 Å². The van der Waals surface area contributed by atoms with Crippen molar-refractivity contribution >= 4 is 0 Å². The molecule has 3 aromatic rings. The van der Waals surface area contributed by atoms with Gasteiger partial charge < -0.3 is 0 Å². The number of hydrogen-bond acceptors (Lipinski definition) is 0. The van der Waals surface area contributed by atoms with E-state index in [1.807, 2.05) is 18.2 Å². The molecule has 0 heterocycles. The third-order valence-electron chi connectivity index (χ3n) is 4.72. The Hall–Kier alpha value is -2.41. The fraction of sp³-hybridized carbons (Fsp3) is 0.217. The molecule has 0 aliphatic carbocycles. The molecule has 1 unspecified atom stereocenters. The van der Waals surface area contributed by atoms with Crippen LogP contribution < -0.4 is 0 Å². The zero-order chi connectivity index (χ0) is 17.1. The molecule has 1 heteroatoms. The molecule has 24 heavy (non-hydrogen) atoms. The maximum atomic E-state index is 13.4. The highest BCUT2D eigenvalue weighted by Crippen LogP contribution is 2.31. The molecule has 0 N–H and O–H groups in total. The van der Waals surface area contributed by atoms with Crippen LogP contribution in [0.1, 0.15) is 39.3 Å². The van der Waals surface area contributed by atoms with Gasteiger partial charge in [-0.15, -0.1) is 0 Å². The summed E-state index contributed by atoms with van der Waals surface area (Å²) in [6.45, 7) is 6.50. The third kappa shape index (κ3) is 3.56. The first-order valence-electron chi connectivity index (χ1n) is 8.41. The molecule has 0 aliphatic rings.